The number of hydrogen-bond donors (Lipinski definition) is 0. The van der Waals surface area contributed by atoms with E-state index in [0.29, 0.717) is 0 Å². The van der Waals surface area contributed by atoms with Gasteiger partial charge in [-0.05, 0) is 105 Å². The maximum atomic E-state index is 6.38. The highest BCUT2D eigenvalue weighted by Gasteiger charge is 2.18. The van der Waals surface area contributed by atoms with Crippen LogP contribution in [0.15, 0.2) is 156 Å². The minimum absolute atomic E-state index is 0.924. The summed E-state index contributed by atoms with van der Waals surface area (Å²) >= 11 is 1.88. The minimum atomic E-state index is 0.924. The van der Waals surface area contributed by atoms with E-state index < -0.39 is 0 Å². The van der Waals surface area contributed by atoms with Crippen molar-refractivity contribution in [2.75, 3.05) is 0 Å². The zero-order valence-electron chi connectivity index (χ0n) is 25.2. The van der Waals surface area contributed by atoms with E-state index >= 15 is 0 Å². The molecule has 0 aliphatic rings. The van der Waals surface area contributed by atoms with Crippen LogP contribution in [0, 0.1) is 0 Å². The summed E-state index contributed by atoms with van der Waals surface area (Å²) < 4.78 is 11.4. The third kappa shape index (κ3) is 3.55. The summed E-state index contributed by atoms with van der Waals surface area (Å²) in [6.07, 6.45) is 0. The molecule has 0 saturated carbocycles. The molecule has 47 heavy (non-hydrogen) atoms. The summed E-state index contributed by atoms with van der Waals surface area (Å²) in [4.78, 5) is 0. The van der Waals surface area contributed by atoms with Gasteiger partial charge in [0.15, 0.2) is 0 Å². The fourth-order valence-electron chi connectivity index (χ4n) is 7.82. The second-order valence-electron chi connectivity index (χ2n) is 12.5. The summed E-state index contributed by atoms with van der Waals surface area (Å²) in [6.45, 7) is 0. The molecule has 0 aliphatic carbocycles. The third-order valence-corrected chi connectivity index (χ3v) is 11.1. The van der Waals surface area contributed by atoms with Crippen molar-refractivity contribution in [1.82, 2.24) is 4.57 Å². The minimum Gasteiger partial charge on any atom is -0.456 e. The fourth-order valence-corrected chi connectivity index (χ4v) is 8.95. The molecule has 11 aromatic rings. The molecule has 0 amide bonds. The number of fused-ring (bicyclic) bond motifs is 12. The van der Waals surface area contributed by atoms with E-state index in [2.05, 4.69) is 150 Å². The first-order valence-corrected chi connectivity index (χ1v) is 16.8. The van der Waals surface area contributed by atoms with E-state index in [-0.39, 0.29) is 0 Å². The monoisotopic (exact) mass is 615 g/mol. The fraction of sp³-hybridized carbons (Fsp3) is 0. The number of furan rings is 1. The maximum absolute atomic E-state index is 6.38. The van der Waals surface area contributed by atoms with Crippen LogP contribution in [-0.4, -0.2) is 4.57 Å². The predicted octanol–water partition coefficient (Wildman–Crippen LogP) is 13.0. The van der Waals surface area contributed by atoms with Gasteiger partial charge in [0.2, 0.25) is 0 Å². The average Bonchev–Trinajstić information content (AvgIpc) is 3.78. The molecule has 11 rings (SSSR count). The van der Waals surface area contributed by atoms with Crippen LogP contribution in [0.3, 0.4) is 0 Å². The summed E-state index contributed by atoms with van der Waals surface area (Å²) in [6, 6.07) is 55.4. The molecule has 0 unspecified atom stereocenters. The highest BCUT2D eigenvalue weighted by molar-refractivity contribution is 7.25. The lowest BCUT2D eigenvalue weighted by Crippen LogP contribution is -1.93. The second-order valence-corrected chi connectivity index (χ2v) is 13.6. The smallest absolute Gasteiger partial charge is 0.136 e. The van der Waals surface area contributed by atoms with Crippen LogP contribution < -0.4 is 0 Å². The zero-order valence-corrected chi connectivity index (χ0v) is 26.0. The molecular formula is C44H25NOS. The predicted molar refractivity (Wildman–Crippen MR) is 201 cm³/mol. The molecule has 0 bridgehead atoms. The number of para-hydroxylation sites is 3. The van der Waals surface area contributed by atoms with Gasteiger partial charge >= 0.3 is 0 Å². The molecule has 0 aliphatic heterocycles. The molecule has 0 radical (unpaired) electrons. The first-order valence-electron chi connectivity index (χ1n) is 16.0. The third-order valence-electron chi connectivity index (χ3n) is 9.94. The van der Waals surface area contributed by atoms with Crippen molar-refractivity contribution in [3.8, 4) is 16.8 Å². The molecule has 0 spiro atoms. The topological polar surface area (TPSA) is 18.1 Å². The van der Waals surface area contributed by atoms with E-state index in [1.165, 1.54) is 80.3 Å². The Labute approximate surface area is 273 Å². The lowest BCUT2D eigenvalue weighted by atomic mass is 9.91. The first kappa shape index (κ1) is 25.3. The highest BCUT2D eigenvalue weighted by Crippen LogP contribution is 2.44. The van der Waals surface area contributed by atoms with Gasteiger partial charge in [0, 0.05) is 47.4 Å². The van der Waals surface area contributed by atoms with Crippen molar-refractivity contribution in [2.24, 2.45) is 0 Å². The van der Waals surface area contributed by atoms with Crippen molar-refractivity contribution >= 4 is 96.8 Å². The Bertz CT molecular complexity index is 3070. The Morgan fingerprint density at radius 2 is 1.15 bits per heavy atom. The summed E-state index contributed by atoms with van der Waals surface area (Å²) in [7, 11) is 0. The summed E-state index contributed by atoms with van der Waals surface area (Å²) in [5.74, 6) is 0. The lowest BCUT2D eigenvalue weighted by molar-refractivity contribution is 0.669. The van der Waals surface area contributed by atoms with E-state index in [1.807, 2.05) is 17.4 Å². The maximum Gasteiger partial charge on any atom is 0.136 e. The number of rotatable bonds is 2. The molecule has 8 aromatic carbocycles. The number of nitrogens with zero attached hydrogens (tertiary/aromatic N) is 1. The summed E-state index contributed by atoms with van der Waals surface area (Å²) in [5.41, 5.74) is 7.89. The quantitative estimate of drug-likeness (QED) is 0.177. The highest BCUT2D eigenvalue weighted by atomic mass is 32.1. The van der Waals surface area contributed by atoms with Gasteiger partial charge in [0.05, 0.1) is 11.0 Å². The van der Waals surface area contributed by atoms with Crippen LogP contribution >= 0.6 is 11.3 Å². The number of aromatic nitrogens is 1. The van der Waals surface area contributed by atoms with Crippen molar-refractivity contribution in [3.63, 3.8) is 0 Å². The molecule has 3 heterocycles. The normalized spacial score (nSPS) is 12.3. The van der Waals surface area contributed by atoms with Crippen LogP contribution in [0.25, 0.3) is 102 Å². The molecule has 218 valence electrons. The van der Waals surface area contributed by atoms with E-state index in [4.69, 9.17) is 4.42 Å². The molecule has 0 atom stereocenters. The standard InChI is InChI=1S/C44H25NOS/c1-2-10-28(11-3-1)45-39-15-7-4-12-29(39)36-20-26(18-19-40(36)45)32-21-27-22-42-37(30-13-5-8-16-41(30)46-42)23-33(27)35-25-44-38(24-34(32)35)31-14-6-9-17-43(31)47-44/h1-25H. The van der Waals surface area contributed by atoms with E-state index in [1.54, 1.807) is 0 Å². The Hall–Kier alpha value is -5.90. The van der Waals surface area contributed by atoms with Crippen LogP contribution in [-0.2, 0) is 0 Å². The molecule has 0 N–H and O–H groups in total. The van der Waals surface area contributed by atoms with Crippen molar-refractivity contribution in [1.29, 1.82) is 0 Å². The zero-order chi connectivity index (χ0) is 30.6. The molecule has 3 heteroatoms. The van der Waals surface area contributed by atoms with Gasteiger partial charge in [-0.2, -0.15) is 0 Å². The van der Waals surface area contributed by atoms with Gasteiger partial charge in [-0.1, -0.05) is 78.9 Å². The van der Waals surface area contributed by atoms with Gasteiger partial charge in [0.25, 0.3) is 0 Å². The van der Waals surface area contributed by atoms with Gasteiger partial charge in [0.1, 0.15) is 11.2 Å². The van der Waals surface area contributed by atoms with Gasteiger partial charge in [-0.15, -0.1) is 11.3 Å². The van der Waals surface area contributed by atoms with Gasteiger partial charge in [-0.25, -0.2) is 0 Å². The van der Waals surface area contributed by atoms with Crippen molar-refractivity contribution in [2.45, 2.75) is 0 Å². The van der Waals surface area contributed by atoms with Gasteiger partial charge < -0.3 is 8.98 Å². The molecule has 0 fully saturated rings. The Morgan fingerprint density at radius 1 is 0.404 bits per heavy atom. The van der Waals surface area contributed by atoms with Crippen LogP contribution in [0.2, 0.25) is 0 Å². The molecule has 0 saturated heterocycles. The van der Waals surface area contributed by atoms with Crippen LogP contribution in [0.4, 0.5) is 0 Å². The number of hydrogen-bond acceptors (Lipinski definition) is 2. The molecular weight excluding hydrogens is 591 g/mol. The molecule has 2 nitrogen and oxygen atoms in total. The van der Waals surface area contributed by atoms with E-state index in [0.717, 1.165) is 21.9 Å². The second kappa shape index (κ2) is 9.32. The summed E-state index contributed by atoms with van der Waals surface area (Å²) in [5, 5.41) is 12.4. The SMILES string of the molecule is c1ccc(-n2c3ccccc3c3cc(-c4cc5cc6oc7ccccc7c6cc5c5cc6sc7ccccc7c6cc45)ccc32)cc1. The first-order chi connectivity index (χ1) is 23.3. The Balaban J connectivity index is 1.27. The average molecular weight is 616 g/mol. The number of benzene rings is 8. The van der Waals surface area contributed by atoms with Crippen molar-refractivity contribution in [3.05, 3.63) is 152 Å². The lowest BCUT2D eigenvalue weighted by Gasteiger charge is -2.13. The van der Waals surface area contributed by atoms with E-state index in [9.17, 15) is 0 Å². The van der Waals surface area contributed by atoms with Gasteiger partial charge in [-0.3, -0.25) is 0 Å². The van der Waals surface area contributed by atoms with Crippen LogP contribution in [0.1, 0.15) is 0 Å². The largest absolute Gasteiger partial charge is 0.456 e. The number of thiophene rings is 1. The van der Waals surface area contributed by atoms with Crippen LogP contribution in [0.5, 0.6) is 0 Å². The Kier molecular flexibility index (Phi) is 5.02. The molecule has 3 aromatic heterocycles. The van der Waals surface area contributed by atoms with Crippen molar-refractivity contribution < 1.29 is 4.42 Å². The Morgan fingerprint density at radius 3 is 2.06 bits per heavy atom.